The lowest BCUT2D eigenvalue weighted by Crippen LogP contribution is -2.37. The van der Waals surface area contributed by atoms with Gasteiger partial charge in [-0.15, -0.1) is 0 Å². The standard InChI is InChI=1S/C12H24N2O3/c1-5-17-12(16)9-14(10(2)3)8-6-7-11(15)13-4/h10H,5-9H2,1-4H3,(H,13,15). The van der Waals surface area contributed by atoms with Crippen LogP contribution in [0.2, 0.25) is 0 Å². The van der Waals surface area contributed by atoms with Crippen molar-refractivity contribution in [1.29, 1.82) is 0 Å². The van der Waals surface area contributed by atoms with Crippen molar-refractivity contribution in [3.8, 4) is 0 Å². The van der Waals surface area contributed by atoms with Crippen molar-refractivity contribution >= 4 is 11.9 Å². The lowest BCUT2D eigenvalue weighted by atomic mass is 10.2. The molecule has 17 heavy (non-hydrogen) atoms. The van der Waals surface area contributed by atoms with E-state index in [1.165, 1.54) is 0 Å². The van der Waals surface area contributed by atoms with E-state index in [0.29, 0.717) is 19.6 Å². The zero-order valence-corrected chi connectivity index (χ0v) is 11.3. The molecule has 1 amide bonds. The number of esters is 1. The molecule has 0 aliphatic heterocycles. The zero-order chi connectivity index (χ0) is 13.3. The number of carbonyl (C=O) groups is 2. The molecule has 0 bridgehead atoms. The maximum Gasteiger partial charge on any atom is 0.320 e. The van der Waals surface area contributed by atoms with E-state index in [2.05, 4.69) is 5.32 Å². The summed E-state index contributed by atoms with van der Waals surface area (Å²) < 4.78 is 4.91. The SMILES string of the molecule is CCOC(=O)CN(CCCC(=O)NC)C(C)C. The minimum Gasteiger partial charge on any atom is -0.465 e. The molecule has 0 aliphatic carbocycles. The predicted octanol–water partition coefficient (Wildman–Crippen LogP) is 0.786. The Labute approximate surface area is 103 Å². The normalized spacial score (nSPS) is 10.7. The molecule has 1 N–H and O–H groups in total. The van der Waals surface area contributed by atoms with Gasteiger partial charge in [0.15, 0.2) is 0 Å². The molecule has 0 atom stereocenters. The fourth-order valence-corrected chi connectivity index (χ4v) is 1.46. The third-order valence-electron chi connectivity index (χ3n) is 2.50. The van der Waals surface area contributed by atoms with Gasteiger partial charge in [0.05, 0.1) is 13.2 Å². The van der Waals surface area contributed by atoms with Crippen LogP contribution in [0.5, 0.6) is 0 Å². The van der Waals surface area contributed by atoms with Crippen molar-refractivity contribution in [2.45, 2.75) is 39.7 Å². The molecule has 0 spiro atoms. The third-order valence-corrected chi connectivity index (χ3v) is 2.50. The lowest BCUT2D eigenvalue weighted by molar-refractivity contribution is -0.144. The van der Waals surface area contributed by atoms with Gasteiger partial charge in [0.1, 0.15) is 0 Å². The number of nitrogens with zero attached hydrogens (tertiary/aromatic N) is 1. The summed E-state index contributed by atoms with van der Waals surface area (Å²) in [6.07, 6.45) is 1.24. The Bertz CT molecular complexity index is 242. The maximum atomic E-state index is 11.4. The Morgan fingerprint density at radius 3 is 2.47 bits per heavy atom. The summed E-state index contributed by atoms with van der Waals surface area (Å²) in [5, 5.41) is 2.58. The Balaban J connectivity index is 3.98. The van der Waals surface area contributed by atoms with Gasteiger partial charge in [0, 0.05) is 19.5 Å². The number of nitrogens with one attached hydrogen (secondary N) is 1. The Morgan fingerprint density at radius 2 is 2.00 bits per heavy atom. The van der Waals surface area contributed by atoms with Gasteiger partial charge >= 0.3 is 5.97 Å². The van der Waals surface area contributed by atoms with E-state index in [0.717, 1.165) is 13.0 Å². The first-order valence-corrected chi connectivity index (χ1v) is 6.11. The van der Waals surface area contributed by atoms with Crippen LogP contribution in [-0.4, -0.2) is 49.6 Å². The van der Waals surface area contributed by atoms with Crippen molar-refractivity contribution in [3.63, 3.8) is 0 Å². The highest BCUT2D eigenvalue weighted by Crippen LogP contribution is 2.02. The summed E-state index contributed by atoms with van der Waals surface area (Å²) in [5.74, 6) is -0.175. The Kier molecular flexibility index (Phi) is 8.40. The molecule has 5 nitrogen and oxygen atoms in total. The molecule has 0 heterocycles. The second kappa shape index (κ2) is 8.98. The van der Waals surface area contributed by atoms with Crippen LogP contribution in [-0.2, 0) is 14.3 Å². The highest BCUT2D eigenvalue weighted by Gasteiger charge is 2.14. The largest absolute Gasteiger partial charge is 0.465 e. The van der Waals surface area contributed by atoms with Gasteiger partial charge in [0.25, 0.3) is 0 Å². The van der Waals surface area contributed by atoms with Gasteiger partial charge in [-0.2, -0.15) is 0 Å². The van der Waals surface area contributed by atoms with Gasteiger partial charge in [-0.05, 0) is 33.7 Å². The quantitative estimate of drug-likeness (QED) is 0.641. The topological polar surface area (TPSA) is 58.6 Å². The molecule has 0 aromatic carbocycles. The van der Waals surface area contributed by atoms with Crippen LogP contribution in [0.4, 0.5) is 0 Å². The van der Waals surface area contributed by atoms with E-state index in [9.17, 15) is 9.59 Å². The summed E-state index contributed by atoms with van der Waals surface area (Å²) >= 11 is 0. The average molecular weight is 244 g/mol. The molecule has 0 fully saturated rings. The molecular formula is C12H24N2O3. The van der Waals surface area contributed by atoms with E-state index in [1.54, 1.807) is 14.0 Å². The van der Waals surface area contributed by atoms with Gasteiger partial charge in [0.2, 0.25) is 5.91 Å². The van der Waals surface area contributed by atoms with Crippen LogP contribution in [0.15, 0.2) is 0 Å². The second-order valence-electron chi connectivity index (χ2n) is 4.15. The van der Waals surface area contributed by atoms with Crippen LogP contribution >= 0.6 is 0 Å². The summed E-state index contributed by atoms with van der Waals surface area (Å²) in [5.41, 5.74) is 0. The van der Waals surface area contributed by atoms with Crippen molar-refractivity contribution < 1.29 is 14.3 Å². The van der Waals surface area contributed by atoms with E-state index >= 15 is 0 Å². The summed E-state index contributed by atoms with van der Waals surface area (Å²) in [6.45, 7) is 7.27. The molecule has 0 aliphatic rings. The molecule has 5 heteroatoms. The number of rotatable bonds is 8. The van der Waals surface area contributed by atoms with Crippen molar-refractivity contribution in [2.75, 3.05) is 26.7 Å². The summed E-state index contributed by atoms with van der Waals surface area (Å²) in [6, 6.07) is 0.268. The first-order valence-electron chi connectivity index (χ1n) is 6.11. The van der Waals surface area contributed by atoms with Crippen LogP contribution in [0.1, 0.15) is 33.6 Å². The number of hydrogen-bond acceptors (Lipinski definition) is 4. The molecule has 0 aromatic heterocycles. The van der Waals surface area contributed by atoms with Gasteiger partial charge in [-0.1, -0.05) is 0 Å². The fraction of sp³-hybridized carbons (Fsp3) is 0.833. The number of amides is 1. The van der Waals surface area contributed by atoms with E-state index in [-0.39, 0.29) is 17.9 Å². The van der Waals surface area contributed by atoms with E-state index < -0.39 is 0 Å². The number of hydrogen-bond donors (Lipinski definition) is 1. The highest BCUT2D eigenvalue weighted by atomic mass is 16.5. The molecule has 0 unspecified atom stereocenters. The number of ether oxygens (including phenoxy) is 1. The van der Waals surface area contributed by atoms with Crippen LogP contribution in [0.25, 0.3) is 0 Å². The van der Waals surface area contributed by atoms with E-state index in [4.69, 9.17) is 4.74 Å². The summed E-state index contributed by atoms with van der Waals surface area (Å²) in [4.78, 5) is 24.4. The smallest absolute Gasteiger partial charge is 0.320 e. The summed E-state index contributed by atoms with van der Waals surface area (Å²) in [7, 11) is 1.63. The van der Waals surface area contributed by atoms with Crippen LogP contribution < -0.4 is 5.32 Å². The Morgan fingerprint density at radius 1 is 1.35 bits per heavy atom. The maximum absolute atomic E-state index is 11.4. The second-order valence-corrected chi connectivity index (χ2v) is 4.15. The molecule has 0 aromatic rings. The van der Waals surface area contributed by atoms with Gasteiger partial charge in [-0.25, -0.2) is 0 Å². The monoisotopic (exact) mass is 244 g/mol. The average Bonchev–Trinajstić information content (AvgIpc) is 2.27. The molecule has 0 saturated carbocycles. The molecular weight excluding hydrogens is 220 g/mol. The van der Waals surface area contributed by atoms with Crippen molar-refractivity contribution in [3.05, 3.63) is 0 Å². The predicted molar refractivity (Wildman–Crippen MR) is 66.6 cm³/mol. The molecule has 0 saturated heterocycles. The van der Waals surface area contributed by atoms with Crippen molar-refractivity contribution in [2.24, 2.45) is 0 Å². The fourth-order valence-electron chi connectivity index (χ4n) is 1.46. The van der Waals surface area contributed by atoms with Crippen LogP contribution in [0, 0.1) is 0 Å². The third kappa shape index (κ3) is 7.74. The first-order chi connectivity index (χ1) is 8.01. The highest BCUT2D eigenvalue weighted by molar-refractivity contribution is 5.75. The molecule has 0 rings (SSSR count). The lowest BCUT2D eigenvalue weighted by Gasteiger charge is -2.25. The van der Waals surface area contributed by atoms with Gasteiger partial charge < -0.3 is 10.1 Å². The van der Waals surface area contributed by atoms with Crippen molar-refractivity contribution in [1.82, 2.24) is 10.2 Å². The minimum absolute atomic E-state index is 0.0323. The van der Waals surface area contributed by atoms with Crippen LogP contribution in [0.3, 0.4) is 0 Å². The molecule has 0 radical (unpaired) electrons. The Hall–Kier alpha value is -1.10. The van der Waals surface area contributed by atoms with Gasteiger partial charge in [-0.3, -0.25) is 14.5 Å². The minimum atomic E-state index is -0.207. The first kappa shape index (κ1) is 15.9. The van der Waals surface area contributed by atoms with E-state index in [1.807, 2.05) is 18.7 Å². The number of carbonyl (C=O) groups excluding carboxylic acids is 2. The zero-order valence-electron chi connectivity index (χ0n) is 11.3. The molecule has 100 valence electrons.